The summed E-state index contributed by atoms with van der Waals surface area (Å²) in [6.07, 6.45) is 10.4. The third-order valence-electron chi connectivity index (χ3n) is 4.73. The van der Waals surface area contributed by atoms with Gasteiger partial charge in [-0.05, 0) is 50.4 Å². The lowest BCUT2D eigenvalue weighted by molar-refractivity contribution is -0.124. The van der Waals surface area contributed by atoms with E-state index < -0.39 is 0 Å². The van der Waals surface area contributed by atoms with Crippen molar-refractivity contribution in [3.63, 3.8) is 0 Å². The van der Waals surface area contributed by atoms with Gasteiger partial charge in [-0.25, -0.2) is 0 Å². The van der Waals surface area contributed by atoms with E-state index in [2.05, 4.69) is 10.6 Å². The van der Waals surface area contributed by atoms with Crippen molar-refractivity contribution in [1.29, 1.82) is 0 Å². The molecule has 17 heavy (non-hydrogen) atoms. The number of nitrogens with one attached hydrogen (secondary N) is 2. The second-order valence-electron chi connectivity index (χ2n) is 6.11. The Hall–Kier alpha value is -0.570. The monoisotopic (exact) mass is 236 g/mol. The van der Waals surface area contributed by atoms with Crippen molar-refractivity contribution in [3.05, 3.63) is 0 Å². The number of carbonyl (C=O) groups excluding carboxylic acids is 1. The largest absolute Gasteiger partial charge is 0.355 e. The van der Waals surface area contributed by atoms with Crippen LogP contribution in [0.5, 0.6) is 0 Å². The summed E-state index contributed by atoms with van der Waals surface area (Å²) < 4.78 is 0. The molecule has 1 heterocycles. The van der Waals surface area contributed by atoms with Gasteiger partial charge in [0.05, 0.1) is 6.04 Å². The molecule has 0 radical (unpaired) electrons. The molecule has 3 rings (SSSR count). The summed E-state index contributed by atoms with van der Waals surface area (Å²) in [5, 5.41) is 6.57. The first kappa shape index (κ1) is 11.5. The van der Waals surface area contributed by atoms with Crippen molar-refractivity contribution in [3.8, 4) is 0 Å². The van der Waals surface area contributed by atoms with Gasteiger partial charge in [0.15, 0.2) is 0 Å². The molecule has 3 fully saturated rings. The standard InChI is InChI=1S/C14H24N2O/c17-14-13(5-2-8-15-14)16-12-4-1-3-11(9-12)10-6-7-10/h10-13,16H,1-9H2,(H,15,17). The first-order valence-corrected chi connectivity index (χ1v) is 7.36. The van der Waals surface area contributed by atoms with Gasteiger partial charge >= 0.3 is 0 Å². The van der Waals surface area contributed by atoms with E-state index in [1.807, 2.05) is 0 Å². The molecule has 2 saturated carbocycles. The Bertz CT molecular complexity index is 288. The Morgan fingerprint density at radius 3 is 2.65 bits per heavy atom. The Labute approximate surface area is 104 Å². The highest BCUT2D eigenvalue weighted by Gasteiger charge is 2.35. The van der Waals surface area contributed by atoms with Gasteiger partial charge in [0.2, 0.25) is 5.91 Å². The van der Waals surface area contributed by atoms with Crippen LogP contribution in [0.3, 0.4) is 0 Å². The summed E-state index contributed by atoms with van der Waals surface area (Å²) >= 11 is 0. The molecule has 96 valence electrons. The Morgan fingerprint density at radius 1 is 1.00 bits per heavy atom. The highest BCUT2D eigenvalue weighted by atomic mass is 16.2. The van der Waals surface area contributed by atoms with E-state index in [1.165, 1.54) is 38.5 Å². The first-order valence-electron chi connectivity index (χ1n) is 7.36. The third-order valence-corrected chi connectivity index (χ3v) is 4.73. The van der Waals surface area contributed by atoms with Crippen molar-refractivity contribution >= 4 is 5.91 Å². The average molecular weight is 236 g/mol. The topological polar surface area (TPSA) is 41.1 Å². The molecule has 3 aliphatic rings. The third kappa shape index (κ3) is 2.82. The molecule has 0 aromatic heterocycles. The SMILES string of the molecule is O=C1NCCCC1NC1CCCC(C2CC2)C1. The van der Waals surface area contributed by atoms with E-state index in [9.17, 15) is 4.79 Å². The van der Waals surface area contributed by atoms with Gasteiger partial charge in [0, 0.05) is 12.6 Å². The van der Waals surface area contributed by atoms with E-state index in [-0.39, 0.29) is 11.9 Å². The second kappa shape index (κ2) is 4.97. The second-order valence-corrected chi connectivity index (χ2v) is 6.11. The van der Waals surface area contributed by atoms with Gasteiger partial charge < -0.3 is 10.6 Å². The van der Waals surface area contributed by atoms with Crippen LogP contribution in [-0.4, -0.2) is 24.5 Å². The fourth-order valence-electron chi connectivity index (χ4n) is 3.59. The predicted octanol–water partition coefficient (Wildman–Crippen LogP) is 1.82. The van der Waals surface area contributed by atoms with Gasteiger partial charge in [0.1, 0.15) is 0 Å². The van der Waals surface area contributed by atoms with E-state index in [1.54, 1.807) is 0 Å². The van der Waals surface area contributed by atoms with Crippen LogP contribution in [0, 0.1) is 11.8 Å². The fraction of sp³-hybridized carbons (Fsp3) is 0.929. The normalized spacial score (nSPS) is 38.8. The molecular weight excluding hydrogens is 212 g/mol. The average Bonchev–Trinajstić information content (AvgIpc) is 3.17. The molecule has 0 spiro atoms. The molecule has 2 aliphatic carbocycles. The van der Waals surface area contributed by atoms with Crippen LogP contribution >= 0.6 is 0 Å². The van der Waals surface area contributed by atoms with Crippen LogP contribution in [0.25, 0.3) is 0 Å². The Kier molecular flexibility index (Phi) is 3.37. The van der Waals surface area contributed by atoms with Gasteiger partial charge in [-0.1, -0.05) is 12.8 Å². The molecule has 3 heteroatoms. The summed E-state index contributed by atoms with van der Waals surface area (Å²) in [5.41, 5.74) is 0. The number of amides is 1. The van der Waals surface area contributed by atoms with E-state index >= 15 is 0 Å². The fourth-order valence-corrected chi connectivity index (χ4v) is 3.59. The Morgan fingerprint density at radius 2 is 1.88 bits per heavy atom. The molecule has 2 N–H and O–H groups in total. The maximum atomic E-state index is 11.7. The zero-order valence-electron chi connectivity index (χ0n) is 10.6. The van der Waals surface area contributed by atoms with E-state index in [4.69, 9.17) is 0 Å². The van der Waals surface area contributed by atoms with Gasteiger partial charge in [-0.2, -0.15) is 0 Å². The molecule has 0 bridgehead atoms. The molecule has 0 aromatic rings. The van der Waals surface area contributed by atoms with Gasteiger partial charge in [0.25, 0.3) is 0 Å². The highest BCUT2D eigenvalue weighted by molar-refractivity contribution is 5.82. The quantitative estimate of drug-likeness (QED) is 0.785. The molecule has 1 aliphatic heterocycles. The smallest absolute Gasteiger partial charge is 0.237 e. The van der Waals surface area contributed by atoms with E-state index in [0.29, 0.717) is 6.04 Å². The minimum absolute atomic E-state index is 0.0895. The summed E-state index contributed by atoms with van der Waals surface area (Å²) in [4.78, 5) is 11.7. The number of rotatable bonds is 3. The number of carbonyl (C=O) groups is 1. The number of hydrogen-bond acceptors (Lipinski definition) is 2. The zero-order chi connectivity index (χ0) is 11.7. The lowest BCUT2D eigenvalue weighted by atomic mass is 9.82. The van der Waals surface area contributed by atoms with Gasteiger partial charge in [-0.15, -0.1) is 0 Å². The molecule has 3 atom stereocenters. The molecule has 3 nitrogen and oxygen atoms in total. The lowest BCUT2D eigenvalue weighted by Crippen LogP contribution is -2.52. The maximum Gasteiger partial charge on any atom is 0.237 e. The minimum atomic E-state index is 0.0895. The molecule has 1 saturated heterocycles. The molecule has 3 unspecified atom stereocenters. The zero-order valence-corrected chi connectivity index (χ0v) is 10.6. The summed E-state index contributed by atoms with van der Waals surface area (Å²) in [5.74, 6) is 2.21. The van der Waals surface area contributed by atoms with Crippen LogP contribution in [0.2, 0.25) is 0 Å². The summed E-state index contributed by atoms with van der Waals surface area (Å²) in [6, 6.07) is 0.690. The first-order chi connectivity index (χ1) is 8.33. The van der Waals surface area contributed by atoms with Gasteiger partial charge in [-0.3, -0.25) is 4.79 Å². The van der Waals surface area contributed by atoms with Crippen LogP contribution < -0.4 is 10.6 Å². The minimum Gasteiger partial charge on any atom is -0.355 e. The van der Waals surface area contributed by atoms with Crippen molar-refractivity contribution in [2.75, 3.05) is 6.54 Å². The lowest BCUT2D eigenvalue weighted by Gasteiger charge is -2.33. The molecular formula is C14H24N2O. The van der Waals surface area contributed by atoms with Crippen LogP contribution in [0.4, 0.5) is 0 Å². The van der Waals surface area contributed by atoms with Crippen LogP contribution in [0.1, 0.15) is 51.4 Å². The highest BCUT2D eigenvalue weighted by Crippen LogP contribution is 2.43. The predicted molar refractivity (Wildman–Crippen MR) is 67.6 cm³/mol. The van der Waals surface area contributed by atoms with Crippen molar-refractivity contribution < 1.29 is 4.79 Å². The Balaban J connectivity index is 1.51. The molecule has 1 amide bonds. The van der Waals surface area contributed by atoms with Crippen molar-refractivity contribution in [2.45, 2.75) is 63.5 Å². The van der Waals surface area contributed by atoms with Crippen molar-refractivity contribution in [1.82, 2.24) is 10.6 Å². The van der Waals surface area contributed by atoms with Crippen LogP contribution in [-0.2, 0) is 4.79 Å². The maximum absolute atomic E-state index is 11.7. The van der Waals surface area contributed by atoms with Crippen molar-refractivity contribution in [2.24, 2.45) is 11.8 Å². The summed E-state index contributed by atoms with van der Waals surface area (Å²) in [6.45, 7) is 0.867. The number of hydrogen-bond donors (Lipinski definition) is 2. The number of piperidine rings is 1. The van der Waals surface area contributed by atoms with E-state index in [0.717, 1.165) is 31.2 Å². The molecule has 0 aromatic carbocycles. The van der Waals surface area contributed by atoms with Crippen LogP contribution in [0.15, 0.2) is 0 Å². The summed E-state index contributed by atoms with van der Waals surface area (Å²) in [7, 11) is 0.